The van der Waals surface area contributed by atoms with E-state index < -0.39 is 0 Å². The predicted molar refractivity (Wildman–Crippen MR) is 86.6 cm³/mol. The van der Waals surface area contributed by atoms with E-state index in [0.717, 1.165) is 22.1 Å². The van der Waals surface area contributed by atoms with E-state index >= 15 is 0 Å². The smallest absolute Gasteiger partial charge is 0.291 e. The summed E-state index contributed by atoms with van der Waals surface area (Å²) in [6, 6.07) is 13.2. The number of fused-ring (bicyclic) bond motifs is 1. The van der Waals surface area contributed by atoms with Crippen LogP contribution in [0.2, 0.25) is 0 Å². The van der Waals surface area contributed by atoms with Crippen molar-refractivity contribution in [3.8, 4) is 5.75 Å². The zero-order chi connectivity index (χ0) is 15.7. The third-order valence-corrected chi connectivity index (χ3v) is 3.72. The number of nitrogens with one attached hydrogen (secondary N) is 1. The molecular formula is C18H17NO3. The van der Waals surface area contributed by atoms with E-state index in [9.17, 15) is 4.79 Å². The summed E-state index contributed by atoms with van der Waals surface area (Å²) in [7, 11) is 1.57. The third kappa shape index (κ3) is 2.33. The monoisotopic (exact) mass is 295 g/mol. The molecule has 4 nitrogen and oxygen atoms in total. The van der Waals surface area contributed by atoms with E-state index in [2.05, 4.69) is 5.32 Å². The number of para-hydroxylation sites is 3. The predicted octanol–water partition coefficient (Wildman–Crippen LogP) is 4.31. The Kier molecular flexibility index (Phi) is 3.59. The third-order valence-electron chi connectivity index (χ3n) is 3.72. The van der Waals surface area contributed by atoms with Crippen LogP contribution >= 0.6 is 0 Å². The number of amides is 1. The molecule has 22 heavy (non-hydrogen) atoms. The second kappa shape index (κ2) is 5.56. The Morgan fingerprint density at radius 3 is 2.59 bits per heavy atom. The fourth-order valence-electron chi connectivity index (χ4n) is 2.53. The van der Waals surface area contributed by atoms with Gasteiger partial charge in [0, 0.05) is 10.9 Å². The number of aryl methyl sites for hydroxylation is 2. The number of carbonyl (C=O) groups is 1. The number of carbonyl (C=O) groups excluding carboxylic acids is 1. The summed E-state index contributed by atoms with van der Waals surface area (Å²) in [5, 5.41) is 3.80. The van der Waals surface area contributed by atoms with Crippen molar-refractivity contribution in [2.24, 2.45) is 0 Å². The largest absolute Gasteiger partial charge is 0.495 e. The molecular weight excluding hydrogens is 278 g/mol. The van der Waals surface area contributed by atoms with Crippen LogP contribution in [0.1, 0.15) is 21.7 Å². The van der Waals surface area contributed by atoms with Gasteiger partial charge in [-0.3, -0.25) is 4.79 Å². The Hall–Kier alpha value is -2.75. The van der Waals surface area contributed by atoms with Gasteiger partial charge >= 0.3 is 0 Å². The Bertz CT molecular complexity index is 849. The highest BCUT2D eigenvalue weighted by Gasteiger charge is 2.19. The van der Waals surface area contributed by atoms with Crippen molar-refractivity contribution in [2.75, 3.05) is 12.4 Å². The summed E-state index contributed by atoms with van der Waals surface area (Å²) >= 11 is 0. The molecule has 0 unspecified atom stereocenters. The lowest BCUT2D eigenvalue weighted by Gasteiger charge is -2.08. The minimum absolute atomic E-state index is 0.280. The first-order valence-corrected chi connectivity index (χ1v) is 7.05. The van der Waals surface area contributed by atoms with Gasteiger partial charge < -0.3 is 14.5 Å². The summed E-state index contributed by atoms with van der Waals surface area (Å²) < 4.78 is 11.0. The topological polar surface area (TPSA) is 51.5 Å². The minimum Gasteiger partial charge on any atom is -0.495 e. The number of hydrogen-bond donors (Lipinski definition) is 1. The number of ether oxygens (including phenoxy) is 1. The van der Waals surface area contributed by atoms with E-state index in [0.29, 0.717) is 17.2 Å². The van der Waals surface area contributed by atoms with Crippen LogP contribution in [-0.4, -0.2) is 13.0 Å². The molecule has 0 saturated heterocycles. The number of furan rings is 1. The van der Waals surface area contributed by atoms with Crippen LogP contribution in [0.25, 0.3) is 11.0 Å². The van der Waals surface area contributed by atoms with Gasteiger partial charge in [-0.2, -0.15) is 0 Å². The van der Waals surface area contributed by atoms with Gasteiger partial charge in [-0.15, -0.1) is 0 Å². The number of anilines is 1. The van der Waals surface area contributed by atoms with Crippen LogP contribution in [0.3, 0.4) is 0 Å². The molecule has 0 aliphatic rings. The number of rotatable bonds is 3. The van der Waals surface area contributed by atoms with Gasteiger partial charge in [0.2, 0.25) is 0 Å². The molecule has 3 rings (SSSR count). The second-order valence-electron chi connectivity index (χ2n) is 5.16. The number of benzene rings is 2. The Morgan fingerprint density at radius 1 is 1.09 bits per heavy atom. The lowest BCUT2D eigenvalue weighted by molar-refractivity contribution is 0.0997. The molecule has 0 radical (unpaired) electrons. The molecule has 1 amide bonds. The first-order chi connectivity index (χ1) is 10.6. The SMILES string of the molecule is COc1ccccc1NC(=O)c1oc2c(C)cccc2c1C. The molecule has 4 heteroatoms. The molecule has 1 N–H and O–H groups in total. The quantitative estimate of drug-likeness (QED) is 0.783. The van der Waals surface area contributed by atoms with E-state index in [1.807, 2.05) is 44.2 Å². The van der Waals surface area contributed by atoms with Gasteiger partial charge in [0.05, 0.1) is 12.8 Å². The molecule has 0 aliphatic carbocycles. The van der Waals surface area contributed by atoms with Crippen molar-refractivity contribution in [1.29, 1.82) is 0 Å². The Morgan fingerprint density at radius 2 is 1.86 bits per heavy atom. The fraction of sp³-hybridized carbons (Fsp3) is 0.167. The maximum absolute atomic E-state index is 12.5. The van der Waals surface area contributed by atoms with Crippen molar-refractivity contribution in [2.45, 2.75) is 13.8 Å². The molecule has 0 aliphatic heterocycles. The summed E-state index contributed by atoms with van der Waals surface area (Å²) in [6.45, 7) is 3.86. The zero-order valence-corrected chi connectivity index (χ0v) is 12.8. The van der Waals surface area contributed by atoms with E-state index in [4.69, 9.17) is 9.15 Å². The molecule has 0 spiro atoms. The molecule has 0 atom stereocenters. The second-order valence-corrected chi connectivity index (χ2v) is 5.16. The fourth-order valence-corrected chi connectivity index (χ4v) is 2.53. The first kappa shape index (κ1) is 14.2. The summed E-state index contributed by atoms with van der Waals surface area (Å²) in [5.41, 5.74) is 3.22. The summed E-state index contributed by atoms with van der Waals surface area (Å²) in [6.07, 6.45) is 0. The van der Waals surface area contributed by atoms with Crippen molar-refractivity contribution < 1.29 is 13.9 Å². The molecule has 0 fully saturated rings. The first-order valence-electron chi connectivity index (χ1n) is 7.05. The highest BCUT2D eigenvalue weighted by Crippen LogP contribution is 2.29. The summed E-state index contributed by atoms with van der Waals surface area (Å²) in [4.78, 5) is 12.5. The van der Waals surface area contributed by atoms with Gasteiger partial charge in [-0.05, 0) is 31.5 Å². The normalized spacial score (nSPS) is 10.7. The Balaban J connectivity index is 1.99. The standard InChI is InChI=1S/C18H17NO3/c1-11-7-6-8-13-12(2)17(22-16(11)13)18(20)19-14-9-4-5-10-15(14)21-3/h4-10H,1-3H3,(H,19,20). The van der Waals surface area contributed by atoms with Gasteiger partial charge in [-0.1, -0.05) is 30.3 Å². The molecule has 2 aromatic carbocycles. The number of methoxy groups -OCH3 is 1. The van der Waals surface area contributed by atoms with E-state index in [1.54, 1.807) is 19.2 Å². The van der Waals surface area contributed by atoms with Crippen molar-refractivity contribution in [1.82, 2.24) is 0 Å². The molecule has 0 saturated carbocycles. The molecule has 1 heterocycles. The molecule has 0 bridgehead atoms. The highest BCUT2D eigenvalue weighted by molar-refractivity contribution is 6.07. The maximum atomic E-state index is 12.5. The van der Waals surface area contributed by atoms with Crippen LogP contribution in [0.4, 0.5) is 5.69 Å². The van der Waals surface area contributed by atoms with Gasteiger partial charge in [0.25, 0.3) is 5.91 Å². The van der Waals surface area contributed by atoms with Gasteiger partial charge in [0.15, 0.2) is 5.76 Å². The highest BCUT2D eigenvalue weighted by atomic mass is 16.5. The number of hydrogen-bond acceptors (Lipinski definition) is 3. The van der Waals surface area contributed by atoms with E-state index in [-0.39, 0.29) is 5.91 Å². The average molecular weight is 295 g/mol. The van der Waals surface area contributed by atoms with Crippen molar-refractivity contribution >= 4 is 22.6 Å². The zero-order valence-electron chi connectivity index (χ0n) is 12.8. The van der Waals surface area contributed by atoms with Crippen molar-refractivity contribution in [3.63, 3.8) is 0 Å². The van der Waals surface area contributed by atoms with Crippen LogP contribution < -0.4 is 10.1 Å². The van der Waals surface area contributed by atoms with Gasteiger partial charge in [-0.25, -0.2) is 0 Å². The van der Waals surface area contributed by atoms with E-state index in [1.165, 1.54) is 0 Å². The van der Waals surface area contributed by atoms with Crippen LogP contribution in [0.5, 0.6) is 5.75 Å². The van der Waals surface area contributed by atoms with Crippen LogP contribution in [-0.2, 0) is 0 Å². The maximum Gasteiger partial charge on any atom is 0.291 e. The van der Waals surface area contributed by atoms with Crippen molar-refractivity contribution in [3.05, 3.63) is 59.4 Å². The lowest BCUT2D eigenvalue weighted by atomic mass is 10.1. The average Bonchev–Trinajstić information content (AvgIpc) is 2.87. The van der Waals surface area contributed by atoms with Crippen LogP contribution in [0.15, 0.2) is 46.9 Å². The Labute approximate surface area is 128 Å². The lowest BCUT2D eigenvalue weighted by Crippen LogP contribution is -2.12. The minimum atomic E-state index is -0.280. The molecule has 112 valence electrons. The van der Waals surface area contributed by atoms with Gasteiger partial charge in [0.1, 0.15) is 11.3 Å². The van der Waals surface area contributed by atoms with Crippen LogP contribution in [0, 0.1) is 13.8 Å². The summed E-state index contributed by atoms with van der Waals surface area (Å²) in [5.74, 6) is 0.661. The molecule has 3 aromatic rings. The molecule has 1 aromatic heterocycles.